The molecule has 0 radical (unpaired) electrons. The highest BCUT2D eigenvalue weighted by molar-refractivity contribution is 14.1. The smallest absolute Gasteiger partial charge is 0.0157 e. The van der Waals surface area contributed by atoms with Crippen LogP contribution in [0.5, 0.6) is 0 Å². The Hall–Kier alpha value is 0.300. The molecule has 1 aromatic rings. The van der Waals surface area contributed by atoms with E-state index in [1.807, 2.05) is 0 Å². The normalized spacial score (nSPS) is 10.0. The van der Waals surface area contributed by atoms with Gasteiger partial charge in [0.05, 0.1) is 0 Å². The van der Waals surface area contributed by atoms with Gasteiger partial charge in [0.25, 0.3) is 0 Å². The SMILES string of the molecule is SCc1ccccc1CCI. The number of hydrogen-bond acceptors (Lipinski definition) is 1. The quantitative estimate of drug-likeness (QED) is 0.490. The van der Waals surface area contributed by atoms with Crippen LogP contribution in [0.1, 0.15) is 11.1 Å². The molecule has 0 heterocycles. The minimum Gasteiger partial charge on any atom is -0.175 e. The molecule has 0 nitrogen and oxygen atoms in total. The third-order valence-corrected chi connectivity index (χ3v) is 2.53. The van der Waals surface area contributed by atoms with Gasteiger partial charge in [0, 0.05) is 10.2 Å². The second-order valence-electron chi connectivity index (χ2n) is 2.37. The van der Waals surface area contributed by atoms with Crippen molar-refractivity contribution in [2.24, 2.45) is 0 Å². The van der Waals surface area contributed by atoms with Crippen molar-refractivity contribution in [3.05, 3.63) is 35.4 Å². The zero-order chi connectivity index (χ0) is 8.10. The van der Waals surface area contributed by atoms with Crippen LogP contribution in [-0.2, 0) is 12.2 Å². The summed E-state index contributed by atoms with van der Waals surface area (Å²) in [4.78, 5) is 0. The fourth-order valence-electron chi connectivity index (χ4n) is 1.06. The van der Waals surface area contributed by atoms with Crippen LogP contribution in [0.15, 0.2) is 24.3 Å². The maximum atomic E-state index is 4.27. The van der Waals surface area contributed by atoms with Crippen molar-refractivity contribution >= 4 is 35.2 Å². The number of alkyl halides is 1. The predicted octanol–water partition coefficient (Wildman–Crippen LogP) is 3.09. The Morgan fingerprint density at radius 2 is 1.82 bits per heavy atom. The molecule has 0 aliphatic rings. The standard InChI is InChI=1S/C9H11IS/c10-6-5-8-3-1-2-4-9(8)7-11/h1-4,11H,5-7H2. The molecule has 0 atom stereocenters. The summed E-state index contributed by atoms with van der Waals surface area (Å²) in [7, 11) is 0. The van der Waals surface area contributed by atoms with E-state index in [4.69, 9.17) is 0 Å². The highest BCUT2D eigenvalue weighted by atomic mass is 127. The van der Waals surface area contributed by atoms with Crippen LogP contribution in [0.4, 0.5) is 0 Å². The van der Waals surface area contributed by atoms with Gasteiger partial charge < -0.3 is 0 Å². The molecule has 0 unspecified atom stereocenters. The highest BCUT2D eigenvalue weighted by Crippen LogP contribution is 2.12. The van der Waals surface area contributed by atoms with E-state index in [-0.39, 0.29) is 0 Å². The van der Waals surface area contributed by atoms with Gasteiger partial charge in [-0.1, -0.05) is 46.9 Å². The molecule has 0 aromatic heterocycles. The third-order valence-electron chi connectivity index (χ3n) is 1.65. The van der Waals surface area contributed by atoms with E-state index in [0.29, 0.717) is 0 Å². The zero-order valence-corrected chi connectivity index (χ0v) is 9.31. The fourth-order valence-corrected chi connectivity index (χ4v) is 1.95. The van der Waals surface area contributed by atoms with Crippen LogP contribution in [0.2, 0.25) is 0 Å². The van der Waals surface area contributed by atoms with Crippen LogP contribution in [-0.4, -0.2) is 4.43 Å². The molecule has 0 bridgehead atoms. The minimum atomic E-state index is 0.854. The maximum Gasteiger partial charge on any atom is 0.0157 e. The van der Waals surface area contributed by atoms with Crippen molar-refractivity contribution in [3.8, 4) is 0 Å². The Morgan fingerprint density at radius 3 is 2.36 bits per heavy atom. The van der Waals surface area contributed by atoms with Crippen LogP contribution in [0, 0.1) is 0 Å². The van der Waals surface area contributed by atoms with Crippen LogP contribution < -0.4 is 0 Å². The van der Waals surface area contributed by atoms with E-state index in [2.05, 4.69) is 59.5 Å². The molecule has 0 saturated carbocycles. The second-order valence-corrected chi connectivity index (χ2v) is 3.76. The molecular formula is C9H11IS. The summed E-state index contributed by atoms with van der Waals surface area (Å²) in [5.74, 6) is 0.854. The minimum absolute atomic E-state index is 0.854. The average molecular weight is 278 g/mol. The summed E-state index contributed by atoms with van der Waals surface area (Å²) in [6.07, 6.45) is 1.16. The van der Waals surface area contributed by atoms with Gasteiger partial charge >= 0.3 is 0 Å². The van der Waals surface area contributed by atoms with E-state index >= 15 is 0 Å². The Morgan fingerprint density at radius 1 is 1.18 bits per heavy atom. The van der Waals surface area contributed by atoms with E-state index < -0.39 is 0 Å². The Bertz CT molecular complexity index is 223. The Kier molecular flexibility index (Phi) is 4.30. The van der Waals surface area contributed by atoms with Crippen LogP contribution >= 0.6 is 35.2 Å². The molecule has 0 saturated heterocycles. The van der Waals surface area contributed by atoms with Gasteiger partial charge in [0.1, 0.15) is 0 Å². The van der Waals surface area contributed by atoms with E-state index in [1.165, 1.54) is 15.6 Å². The number of aryl methyl sites for hydroxylation is 1. The highest BCUT2D eigenvalue weighted by Gasteiger charge is 1.97. The lowest BCUT2D eigenvalue weighted by Gasteiger charge is -2.03. The summed E-state index contributed by atoms with van der Waals surface area (Å²) in [5.41, 5.74) is 2.81. The maximum absolute atomic E-state index is 4.27. The molecule has 1 rings (SSSR count). The largest absolute Gasteiger partial charge is 0.175 e. The number of benzene rings is 1. The molecule has 0 aliphatic heterocycles. The van der Waals surface area contributed by atoms with Crippen molar-refractivity contribution in [3.63, 3.8) is 0 Å². The lowest BCUT2D eigenvalue weighted by Crippen LogP contribution is -1.91. The molecule has 0 N–H and O–H groups in total. The average Bonchev–Trinajstić information content (AvgIpc) is 2.06. The van der Waals surface area contributed by atoms with Crippen molar-refractivity contribution in [2.45, 2.75) is 12.2 Å². The van der Waals surface area contributed by atoms with Gasteiger partial charge in [0.2, 0.25) is 0 Å². The lowest BCUT2D eigenvalue weighted by atomic mass is 10.1. The van der Waals surface area contributed by atoms with Crippen molar-refractivity contribution in [1.29, 1.82) is 0 Å². The number of halogens is 1. The first-order valence-electron chi connectivity index (χ1n) is 3.62. The van der Waals surface area contributed by atoms with Gasteiger partial charge in [-0.25, -0.2) is 0 Å². The van der Waals surface area contributed by atoms with E-state index in [1.54, 1.807) is 0 Å². The number of hydrogen-bond donors (Lipinski definition) is 1. The number of rotatable bonds is 3. The monoisotopic (exact) mass is 278 g/mol. The molecule has 60 valence electrons. The molecule has 0 fully saturated rings. The Labute approximate surface area is 86.9 Å². The summed E-state index contributed by atoms with van der Waals surface area (Å²) in [5, 5.41) is 0. The number of thiol groups is 1. The van der Waals surface area contributed by atoms with Crippen molar-refractivity contribution in [2.75, 3.05) is 4.43 Å². The van der Waals surface area contributed by atoms with Crippen LogP contribution in [0.25, 0.3) is 0 Å². The van der Waals surface area contributed by atoms with Gasteiger partial charge in [-0.15, -0.1) is 0 Å². The first-order chi connectivity index (χ1) is 5.38. The zero-order valence-electron chi connectivity index (χ0n) is 6.26. The summed E-state index contributed by atoms with van der Waals surface area (Å²) in [6.45, 7) is 0. The predicted molar refractivity (Wildman–Crippen MR) is 61.7 cm³/mol. The summed E-state index contributed by atoms with van der Waals surface area (Å²) < 4.78 is 1.18. The molecule has 0 aliphatic carbocycles. The molecule has 0 amide bonds. The fraction of sp³-hybridized carbons (Fsp3) is 0.333. The van der Waals surface area contributed by atoms with Gasteiger partial charge in [-0.2, -0.15) is 12.6 Å². The van der Waals surface area contributed by atoms with Crippen molar-refractivity contribution < 1.29 is 0 Å². The Balaban J connectivity index is 2.83. The molecule has 0 spiro atoms. The topological polar surface area (TPSA) is 0 Å². The summed E-state index contributed by atoms with van der Waals surface area (Å²) in [6, 6.07) is 8.50. The summed E-state index contributed by atoms with van der Waals surface area (Å²) >= 11 is 6.67. The molecule has 1 aromatic carbocycles. The second kappa shape index (κ2) is 5.04. The lowest BCUT2D eigenvalue weighted by molar-refractivity contribution is 1.13. The molecule has 11 heavy (non-hydrogen) atoms. The van der Waals surface area contributed by atoms with Gasteiger partial charge in [0.15, 0.2) is 0 Å². The third kappa shape index (κ3) is 2.67. The van der Waals surface area contributed by atoms with E-state index in [9.17, 15) is 0 Å². The van der Waals surface area contributed by atoms with Gasteiger partial charge in [-0.3, -0.25) is 0 Å². The van der Waals surface area contributed by atoms with Crippen LogP contribution in [0.3, 0.4) is 0 Å². The first-order valence-corrected chi connectivity index (χ1v) is 5.78. The molecule has 2 heteroatoms. The first kappa shape index (κ1) is 9.39. The van der Waals surface area contributed by atoms with Crippen molar-refractivity contribution in [1.82, 2.24) is 0 Å². The molecular weight excluding hydrogens is 267 g/mol. The van der Waals surface area contributed by atoms with E-state index in [0.717, 1.165) is 12.2 Å². The van der Waals surface area contributed by atoms with Gasteiger partial charge in [-0.05, 0) is 17.5 Å².